The topological polar surface area (TPSA) is 0 Å². The van der Waals surface area contributed by atoms with Gasteiger partial charge >= 0.3 is 0 Å². The van der Waals surface area contributed by atoms with Crippen LogP contribution in [0, 0.1) is 5.82 Å². The Kier molecular flexibility index (Phi) is 3.20. The Labute approximate surface area is 103 Å². The molecule has 0 nitrogen and oxygen atoms in total. The van der Waals surface area contributed by atoms with Gasteiger partial charge in [-0.3, -0.25) is 0 Å². The van der Waals surface area contributed by atoms with Crippen molar-refractivity contribution in [1.82, 2.24) is 0 Å². The molecule has 0 saturated carbocycles. The molecule has 0 radical (unpaired) electrons. The smallest absolute Gasteiger partial charge is 0.132 e. The van der Waals surface area contributed by atoms with Gasteiger partial charge < -0.3 is 0 Å². The molecule has 0 N–H and O–H groups in total. The SMILES string of the molecule is C=C(c1ccccc1)c1c(F)cccc1Br. The van der Waals surface area contributed by atoms with Crippen LogP contribution >= 0.6 is 15.9 Å². The quantitative estimate of drug-likeness (QED) is 0.749. The lowest BCUT2D eigenvalue weighted by Crippen LogP contribution is -1.92. The Morgan fingerprint density at radius 3 is 2.31 bits per heavy atom. The number of benzene rings is 2. The van der Waals surface area contributed by atoms with Crippen molar-refractivity contribution < 1.29 is 4.39 Å². The van der Waals surface area contributed by atoms with Crippen molar-refractivity contribution in [3.05, 3.63) is 76.5 Å². The number of rotatable bonds is 2. The van der Waals surface area contributed by atoms with Crippen LogP contribution in [0.4, 0.5) is 4.39 Å². The lowest BCUT2D eigenvalue weighted by molar-refractivity contribution is 0.623. The van der Waals surface area contributed by atoms with Crippen LogP contribution in [-0.4, -0.2) is 0 Å². The molecule has 0 amide bonds. The van der Waals surface area contributed by atoms with Gasteiger partial charge in [-0.2, -0.15) is 0 Å². The maximum atomic E-state index is 13.7. The molecule has 2 aromatic rings. The van der Waals surface area contributed by atoms with Crippen LogP contribution in [0.3, 0.4) is 0 Å². The Bertz CT molecular complexity index is 497. The Morgan fingerprint density at radius 1 is 1.00 bits per heavy atom. The molecule has 0 aliphatic carbocycles. The summed E-state index contributed by atoms with van der Waals surface area (Å²) in [6.07, 6.45) is 0. The summed E-state index contributed by atoms with van der Waals surface area (Å²) in [6.45, 7) is 3.95. The highest BCUT2D eigenvalue weighted by atomic mass is 79.9. The van der Waals surface area contributed by atoms with Crippen LogP contribution < -0.4 is 0 Å². The Hall–Kier alpha value is -1.41. The van der Waals surface area contributed by atoms with Crippen molar-refractivity contribution in [3.63, 3.8) is 0 Å². The summed E-state index contributed by atoms with van der Waals surface area (Å²) >= 11 is 3.34. The van der Waals surface area contributed by atoms with E-state index in [1.165, 1.54) is 6.07 Å². The van der Waals surface area contributed by atoms with Crippen LogP contribution in [0.2, 0.25) is 0 Å². The molecular weight excluding hydrogens is 267 g/mol. The van der Waals surface area contributed by atoms with Gasteiger partial charge in [0, 0.05) is 10.0 Å². The average Bonchev–Trinajstić information content (AvgIpc) is 2.30. The van der Waals surface area contributed by atoms with E-state index in [4.69, 9.17) is 0 Å². The summed E-state index contributed by atoms with van der Waals surface area (Å²) < 4.78 is 14.4. The van der Waals surface area contributed by atoms with Crippen molar-refractivity contribution in [1.29, 1.82) is 0 Å². The fourth-order valence-electron chi connectivity index (χ4n) is 1.57. The van der Waals surface area contributed by atoms with Crippen LogP contribution in [0.5, 0.6) is 0 Å². The third-order valence-corrected chi connectivity index (χ3v) is 3.05. The molecule has 0 aliphatic rings. The highest BCUT2D eigenvalue weighted by Gasteiger charge is 2.11. The molecule has 80 valence electrons. The number of hydrogen-bond donors (Lipinski definition) is 0. The van der Waals surface area contributed by atoms with Gasteiger partial charge in [-0.1, -0.05) is 58.9 Å². The third-order valence-electron chi connectivity index (χ3n) is 2.39. The molecule has 0 atom stereocenters. The summed E-state index contributed by atoms with van der Waals surface area (Å²) in [5, 5.41) is 0. The van der Waals surface area contributed by atoms with Gasteiger partial charge in [-0.25, -0.2) is 4.39 Å². The fourth-order valence-corrected chi connectivity index (χ4v) is 2.15. The van der Waals surface area contributed by atoms with Crippen LogP contribution in [0.15, 0.2) is 59.6 Å². The summed E-state index contributed by atoms with van der Waals surface area (Å²) in [4.78, 5) is 0. The minimum Gasteiger partial charge on any atom is -0.206 e. The normalized spacial score (nSPS) is 10.1. The summed E-state index contributed by atoms with van der Waals surface area (Å²) in [6, 6.07) is 14.5. The molecule has 2 heteroatoms. The van der Waals surface area contributed by atoms with Crippen LogP contribution in [0.1, 0.15) is 11.1 Å². The summed E-state index contributed by atoms with van der Waals surface area (Å²) in [7, 11) is 0. The van der Waals surface area contributed by atoms with E-state index in [1.807, 2.05) is 36.4 Å². The second-order valence-corrected chi connectivity index (χ2v) is 4.30. The van der Waals surface area contributed by atoms with E-state index in [0.717, 1.165) is 10.0 Å². The zero-order valence-corrected chi connectivity index (χ0v) is 10.2. The minimum atomic E-state index is -0.261. The molecule has 2 rings (SSSR count). The first kappa shape index (κ1) is 11.1. The predicted octanol–water partition coefficient (Wildman–Crippen LogP) is 4.65. The van der Waals surface area contributed by atoms with Crippen LogP contribution in [-0.2, 0) is 0 Å². The second kappa shape index (κ2) is 4.62. The highest BCUT2D eigenvalue weighted by Crippen LogP contribution is 2.30. The lowest BCUT2D eigenvalue weighted by Gasteiger charge is -2.09. The molecule has 0 aromatic heterocycles. The molecule has 0 spiro atoms. The van der Waals surface area contributed by atoms with E-state index < -0.39 is 0 Å². The van der Waals surface area contributed by atoms with Gasteiger partial charge in [0.2, 0.25) is 0 Å². The molecule has 16 heavy (non-hydrogen) atoms. The van der Waals surface area contributed by atoms with Crippen molar-refractivity contribution in [2.45, 2.75) is 0 Å². The number of halogens is 2. The minimum absolute atomic E-state index is 0.261. The van der Waals surface area contributed by atoms with E-state index in [1.54, 1.807) is 6.07 Å². The first-order chi connectivity index (χ1) is 7.70. The van der Waals surface area contributed by atoms with Gasteiger partial charge in [-0.15, -0.1) is 0 Å². The zero-order valence-electron chi connectivity index (χ0n) is 8.58. The maximum absolute atomic E-state index is 13.7. The fraction of sp³-hybridized carbons (Fsp3) is 0. The molecular formula is C14H10BrF. The lowest BCUT2D eigenvalue weighted by atomic mass is 9.99. The van der Waals surface area contributed by atoms with Crippen molar-refractivity contribution in [2.75, 3.05) is 0 Å². The molecule has 0 saturated heterocycles. The van der Waals surface area contributed by atoms with E-state index in [0.29, 0.717) is 11.1 Å². The van der Waals surface area contributed by atoms with Crippen LogP contribution in [0.25, 0.3) is 5.57 Å². The van der Waals surface area contributed by atoms with Gasteiger partial charge in [0.05, 0.1) is 0 Å². The predicted molar refractivity (Wildman–Crippen MR) is 68.7 cm³/mol. The molecule has 0 heterocycles. The van der Waals surface area contributed by atoms with E-state index >= 15 is 0 Å². The zero-order chi connectivity index (χ0) is 11.5. The largest absolute Gasteiger partial charge is 0.206 e. The first-order valence-electron chi connectivity index (χ1n) is 4.89. The monoisotopic (exact) mass is 276 g/mol. The van der Waals surface area contributed by atoms with Crippen molar-refractivity contribution in [2.24, 2.45) is 0 Å². The van der Waals surface area contributed by atoms with E-state index in [-0.39, 0.29) is 5.82 Å². The average molecular weight is 277 g/mol. The summed E-state index contributed by atoms with van der Waals surface area (Å²) in [5.41, 5.74) is 2.13. The standard InChI is InChI=1S/C14H10BrF/c1-10(11-6-3-2-4-7-11)14-12(15)8-5-9-13(14)16/h2-9H,1H2. The molecule has 0 bridgehead atoms. The molecule has 2 aromatic carbocycles. The molecule has 0 unspecified atom stereocenters. The van der Waals surface area contributed by atoms with Gasteiger partial charge in [0.15, 0.2) is 0 Å². The van der Waals surface area contributed by atoms with Crippen molar-refractivity contribution in [3.8, 4) is 0 Å². The third kappa shape index (κ3) is 2.07. The number of hydrogen-bond acceptors (Lipinski definition) is 0. The summed E-state index contributed by atoms with van der Waals surface area (Å²) in [5.74, 6) is -0.261. The Morgan fingerprint density at radius 2 is 1.69 bits per heavy atom. The van der Waals surface area contributed by atoms with Gasteiger partial charge in [0.1, 0.15) is 5.82 Å². The second-order valence-electron chi connectivity index (χ2n) is 3.44. The van der Waals surface area contributed by atoms with E-state index in [2.05, 4.69) is 22.5 Å². The van der Waals surface area contributed by atoms with Crippen molar-refractivity contribution >= 4 is 21.5 Å². The van der Waals surface area contributed by atoms with Gasteiger partial charge in [0.25, 0.3) is 0 Å². The van der Waals surface area contributed by atoms with E-state index in [9.17, 15) is 4.39 Å². The highest BCUT2D eigenvalue weighted by molar-refractivity contribution is 9.10. The molecule has 0 aliphatic heterocycles. The first-order valence-corrected chi connectivity index (χ1v) is 5.68. The van der Waals surface area contributed by atoms with Gasteiger partial charge in [-0.05, 0) is 23.3 Å². The molecule has 0 fully saturated rings. The Balaban J connectivity index is 2.50. The maximum Gasteiger partial charge on any atom is 0.132 e.